The van der Waals surface area contributed by atoms with Gasteiger partial charge in [0.15, 0.2) is 0 Å². The molecular formula is C24H33ClN4O2. The normalized spacial score (nSPS) is 21.2. The van der Waals surface area contributed by atoms with Gasteiger partial charge in [0, 0.05) is 31.7 Å². The first-order valence-electron chi connectivity index (χ1n) is 11.4. The first kappa shape index (κ1) is 22.2. The van der Waals surface area contributed by atoms with E-state index in [4.69, 9.17) is 16.3 Å². The molecule has 1 amide bonds. The van der Waals surface area contributed by atoms with Gasteiger partial charge >= 0.3 is 0 Å². The van der Waals surface area contributed by atoms with Crippen molar-refractivity contribution in [2.24, 2.45) is 5.92 Å². The van der Waals surface area contributed by atoms with Gasteiger partial charge in [0.25, 0.3) is 5.91 Å². The molecule has 0 bridgehead atoms. The summed E-state index contributed by atoms with van der Waals surface area (Å²) >= 11 is 6.51. The van der Waals surface area contributed by atoms with Crippen molar-refractivity contribution in [1.29, 1.82) is 0 Å². The molecule has 6 nitrogen and oxygen atoms in total. The summed E-state index contributed by atoms with van der Waals surface area (Å²) in [6.07, 6.45) is 4.67. The van der Waals surface area contributed by atoms with Gasteiger partial charge in [-0.05, 0) is 82.3 Å². The number of nitrogens with zero attached hydrogens (tertiary/aromatic N) is 4. The van der Waals surface area contributed by atoms with Crippen LogP contribution >= 0.6 is 11.6 Å². The molecule has 1 aromatic carbocycles. The lowest BCUT2D eigenvalue weighted by molar-refractivity contribution is 0.0414. The van der Waals surface area contributed by atoms with E-state index in [-0.39, 0.29) is 12.0 Å². The fourth-order valence-corrected chi connectivity index (χ4v) is 4.88. The van der Waals surface area contributed by atoms with Crippen LogP contribution in [0.4, 0.5) is 0 Å². The number of rotatable bonds is 8. The lowest BCUT2D eigenvalue weighted by Crippen LogP contribution is -2.42. The van der Waals surface area contributed by atoms with Crippen molar-refractivity contribution in [1.82, 2.24) is 19.6 Å². The van der Waals surface area contributed by atoms with Crippen LogP contribution in [-0.4, -0.2) is 58.3 Å². The molecule has 0 atom stereocenters. The molecule has 7 heteroatoms. The number of carbonyl (C=O) groups excluding carboxylic acids is 1. The summed E-state index contributed by atoms with van der Waals surface area (Å²) in [5, 5.41) is 5.17. The van der Waals surface area contributed by atoms with Gasteiger partial charge in [0.1, 0.15) is 11.4 Å². The Kier molecular flexibility index (Phi) is 6.87. The zero-order valence-corrected chi connectivity index (χ0v) is 19.6. The second kappa shape index (κ2) is 9.61. The minimum absolute atomic E-state index is 0.0344. The molecule has 1 saturated heterocycles. The number of carbonyl (C=O) groups is 1. The maximum Gasteiger partial charge on any atom is 0.271 e. The minimum atomic E-state index is 0.0344. The Morgan fingerprint density at radius 1 is 1.26 bits per heavy atom. The Balaban J connectivity index is 1.24. The monoisotopic (exact) mass is 444 g/mol. The van der Waals surface area contributed by atoms with Gasteiger partial charge in [-0.25, -0.2) is 0 Å². The van der Waals surface area contributed by atoms with Crippen molar-refractivity contribution in [3.8, 4) is 5.75 Å². The molecule has 1 saturated carbocycles. The van der Waals surface area contributed by atoms with Gasteiger partial charge in [-0.2, -0.15) is 5.10 Å². The highest BCUT2D eigenvalue weighted by Gasteiger charge is 2.33. The third kappa shape index (κ3) is 5.24. The number of benzene rings is 1. The van der Waals surface area contributed by atoms with Gasteiger partial charge in [0.2, 0.25) is 0 Å². The van der Waals surface area contributed by atoms with E-state index < -0.39 is 0 Å². The molecule has 2 aliphatic rings. The van der Waals surface area contributed by atoms with Crippen molar-refractivity contribution >= 4 is 17.5 Å². The SMILES string of the molecule is CCn1nc(C)cc1C(=O)N(C)CC1CC(Oc2ccc(CN3CCCC3)c(Cl)c2)C1. The number of aromatic nitrogens is 2. The van der Waals surface area contributed by atoms with Crippen LogP contribution in [0.15, 0.2) is 24.3 Å². The summed E-state index contributed by atoms with van der Waals surface area (Å²) in [7, 11) is 1.87. The topological polar surface area (TPSA) is 50.6 Å². The maximum absolute atomic E-state index is 12.8. The summed E-state index contributed by atoms with van der Waals surface area (Å²) in [6.45, 7) is 8.60. The summed E-state index contributed by atoms with van der Waals surface area (Å²) in [5.41, 5.74) is 2.71. The van der Waals surface area contributed by atoms with Gasteiger partial charge in [-0.1, -0.05) is 17.7 Å². The van der Waals surface area contributed by atoms with Crippen molar-refractivity contribution in [3.05, 3.63) is 46.2 Å². The molecule has 1 aliphatic carbocycles. The number of likely N-dealkylation sites (tertiary alicyclic amines) is 1. The first-order valence-corrected chi connectivity index (χ1v) is 11.8. The van der Waals surface area contributed by atoms with Crippen LogP contribution in [0.1, 0.15) is 54.4 Å². The lowest BCUT2D eigenvalue weighted by atomic mass is 9.82. The fourth-order valence-electron chi connectivity index (χ4n) is 4.65. The van der Waals surface area contributed by atoms with Gasteiger partial charge < -0.3 is 9.64 Å². The Hall–Kier alpha value is -2.05. The van der Waals surface area contributed by atoms with Crippen molar-refractivity contribution < 1.29 is 9.53 Å². The number of amides is 1. The highest BCUT2D eigenvalue weighted by molar-refractivity contribution is 6.31. The Labute approximate surface area is 190 Å². The van der Waals surface area contributed by atoms with Crippen LogP contribution in [0.5, 0.6) is 5.75 Å². The predicted octanol–water partition coefficient (Wildman–Crippen LogP) is 4.39. The van der Waals surface area contributed by atoms with Crippen LogP contribution in [0.25, 0.3) is 0 Å². The second-order valence-electron chi connectivity index (χ2n) is 8.99. The number of hydrogen-bond donors (Lipinski definition) is 0. The highest BCUT2D eigenvalue weighted by atomic mass is 35.5. The van der Waals surface area contributed by atoms with Crippen molar-refractivity contribution in [2.75, 3.05) is 26.7 Å². The molecule has 0 unspecified atom stereocenters. The van der Waals surface area contributed by atoms with Crippen LogP contribution in [0, 0.1) is 12.8 Å². The average Bonchev–Trinajstić information content (AvgIpc) is 3.36. The van der Waals surface area contributed by atoms with Crippen LogP contribution < -0.4 is 4.74 Å². The van der Waals surface area contributed by atoms with Crippen molar-refractivity contribution in [2.45, 2.75) is 58.7 Å². The van der Waals surface area contributed by atoms with Crippen molar-refractivity contribution in [3.63, 3.8) is 0 Å². The van der Waals surface area contributed by atoms with E-state index in [1.54, 1.807) is 4.68 Å². The number of halogens is 1. The zero-order chi connectivity index (χ0) is 22.0. The van der Waals surface area contributed by atoms with E-state index in [1.165, 1.54) is 18.4 Å². The van der Waals surface area contributed by atoms with Gasteiger partial charge in [0.05, 0.1) is 11.8 Å². The van der Waals surface area contributed by atoms with E-state index in [9.17, 15) is 4.79 Å². The highest BCUT2D eigenvalue weighted by Crippen LogP contribution is 2.33. The van der Waals surface area contributed by atoms with Crippen LogP contribution in [0.3, 0.4) is 0 Å². The quantitative estimate of drug-likeness (QED) is 0.605. The van der Waals surface area contributed by atoms with E-state index in [2.05, 4.69) is 16.1 Å². The molecule has 0 N–H and O–H groups in total. The molecule has 31 heavy (non-hydrogen) atoms. The summed E-state index contributed by atoms with van der Waals surface area (Å²) < 4.78 is 7.91. The fraction of sp³-hybridized carbons (Fsp3) is 0.583. The smallest absolute Gasteiger partial charge is 0.271 e. The third-order valence-electron chi connectivity index (χ3n) is 6.41. The molecule has 0 radical (unpaired) electrons. The van der Waals surface area contributed by atoms with E-state index in [0.717, 1.165) is 55.5 Å². The molecule has 2 fully saturated rings. The van der Waals surface area contributed by atoms with Gasteiger partial charge in [-0.15, -0.1) is 0 Å². The molecule has 168 valence electrons. The minimum Gasteiger partial charge on any atom is -0.490 e. The average molecular weight is 445 g/mol. The molecule has 4 rings (SSSR count). The molecular weight excluding hydrogens is 412 g/mol. The summed E-state index contributed by atoms with van der Waals surface area (Å²) in [4.78, 5) is 17.1. The molecule has 1 aliphatic heterocycles. The largest absolute Gasteiger partial charge is 0.490 e. The van der Waals surface area contributed by atoms with Crippen LogP contribution in [-0.2, 0) is 13.1 Å². The Morgan fingerprint density at radius 3 is 2.68 bits per heavy atom. The molecule has 2 heterocycles. The summed E-state index contributed by atoms with van der Waals surface area (Å²) in [5.74, 6) is 1.33. The van der Waals surface area contributed by atoms with E-state index in [1.807, 2.05) is 44.0 Å². The Bertz CT molecular complexity index is 916. The molecule has 2 aromatic rings. The number of ether oxygens (including phenoxy) is 1. The predicted molar refractivity (Wildman–Crippen MR) is 123 cm³/mol. The third-order valence-corrected chi connectivity index (χ3v) is 6.76. The van der Waals surface area contributed by atoms with Gasteiger partial charge in [-0.3, -0.25) is 14.4 Å². The number of aryl methyl sites for hydroxylation is 2. The Morgan fingerprint density at radius 2 is 2.00 bits per heavy atom. The molecule has 0 spiro atoms. The van der Waals surface area contributed by atoms with Crippen LogP contribution in [0.2, 0.25) is 5.02 Å². The maximum atomic E-state index is 12.8. The second-order valence-corrected chi connectivity index (χ2v) is 9.39. The first-order chi connectivity index (χ1) is 14.9. The standard InChI is InChI=1S/C24H33ClN4O2/c1-4-29-23(11-17(2)26-29)24(30)27(3)15-18-12-21(13-18)31-20-8-7-19(22(25)14-20)16-28-9-5-6-10-28/h7-8,11,14,18,21H,4-6,9-10,12-13,15-16H2,1-3H3. The lowest BCUT2D eigenvalue weighted by Gasteiger charge is -2.37. The molecule has 1 aromatic heterocycles. The number of hydrogen-bond acceptors (Lipinski definition) is 4. The zero-order valence-electron chi connectivity index (χ0n) is 18.8. The summed E-state index contributed by atoms with van der Waals surface area (Å²) in [6, 6.07) is 7.95. The van der Waals surface area contributed by atoms with E-state index in [0.29, 0.717) is 18.2 Å². The van der Waals surface area contributed by atoms with E-state index >= 15 is 0 Å².